The number of amides is 3. The van der Waals surface area contributed by atoms with Gasteiger partial charge in [0.05, 0.1) is 33.0 Å². The number of nitrogens with two attached hydrogens (primary N) is 2. The van der Waals surface area contributed by atoms with Gasteiger partial charge in [0.1, 0.15) is 5.01 Å². The largest absolute Gasteiger partial charge is 0.367 e. The van der Waals surface area contributed by atoms with Crippen LogP contribution in [0, 0.1) is 18.3 Å². The minimum Gasteiger partial charge on any atom is -0.367 e. The van der Waals surface area contributed by atoms with Crippen molar-refractivity contribution in [3.8, 4) is 16.5 Å². The zero-order valence-corrected chi connectivity index (χ0v) is 20.7. The van der Waals surface area contributed by atoms with Crippen LogP contribution < -0.4 is 16.2 Å². The van der Waals surface area contributed by atoms with Crippen molar-refractivity contribution in [1.82, 2.24) is 19.6 Å². The molecular weight excluding hydrogens is 490 g/mol. The van der Waals surface area contributed by atoms with Gasteiger partial charge in [-0.2, -0.15) is 5.26 Å². The van der Waals surface area contributed by atoms with Gasteiger partial charge in [-0.15, -0.1) is 11.3 Å². The number of aryl methyl sites for hydroxylation is 1. The summed E-state index contributed by atoms with van der Waals surface area (Å²) < 4.78 is 27.7. The molecule has 2 aromatic rings. The van der Waals surface area contributed by atoms with Gasteiger partial charge in [-0.25, -0.2) is 22.9 Å². The first-order valence-corrected chi connectivity index (χ1v) is 13.6. The number of rotatable bonds is 7. The molecule has 0 bridgehead atoms. The normalized spacial score (nSPS) is 25.3. The van der Waals surface area contributed by atoms with Crippen LogP contribution in [0.3, 0.4) is 0 Å². The van der Waals surface area contributed by atoms with Gasteiger partial charge in [0, 0.05) is 25.2 Å². The summed E-state index contributed by atoms with van der Waals surface area (Å²) in [5.74, 6) is -0.832. The van der Waals surface area contributed by atoms with Crippen LogP contribution in [0.25, 0.3) is 10.4 Å². The predicted molar refractivity (Wildman–Crippen MR) is 127 cm³/mol. The second kappa shape index (κ2) is 7.97. The first-order chi connectivity index (χ1) is 16.5. The van der Waals surface area contributed by atoms with Crippen LogP contribution in [0.4, 0.5) is 4.79 Å². The maximum Gasteiger partial charge on any atom is 0.316 e. The van der Waals surface area contributed by atoms with Gasteiger partial charge in [-0.3, -0.25) is 9.78 Å². The summed E-state index contributed by atoms with van der Waals surface area (Å²) in [5, 5.41) is 9.36. The molecular formula is C22H25N7O4S2. The summed E-state index contributed by atoms with van der Waals surface area (Å²) in [4.78, 5) is 36.2. The van der Waals surface area contributed by atoms with Crippen LogP contribution in [-0.2, 0) is 25.8 Å². The van der Waals surface area contributed by atoms with E-state index in [1.165, 1.54) is 11.3 Å². The summed E-state index contributed by atoms with van der Waals surface area (Å²) in [6.45, 7) is 1.68. The number of sulfonamides is 1. The Hall–Kier alpha value is -3.08. The summed E-state index contributed by atoms with van der Waals surface area (Å²) in [6.07, 6.45) is 4.24. The summed E-state index contributed by atoms with van der Waals surface area (Å²) >= 11 is 1.19. The lowest BCUT2D eigenvalue weighted by atomic mass is 9.94. The molecule has 1 aliphatic heterocycles. The van der Waals surface area contributed by atoms with E-state index in [-0.39, 0.29) is 18.0 Å². The number of carbonyl (C=O) groups is 2. The fraction of sp³-hybridized carbons (Fsp3) is 0.500. The number of nitrogens with one attached hydrogen (secondary N) is 1. The zero-order chi connectivity index (χ0) is 25.2. The van der Waals surface area contributed by atoms with Crippen molar-refractivity contribution < 1.29 is 18.0 Å². The number of nitrogens with zero attached hydrogens (tertiary/aromatic N) is 4. The van der Waals surface area contributed by atoms with Crippen molar-refractivity contribution in [2.24, 2.45) is 11.5 Å². The van der Waals surface area contributed by atoms with Crippen molar-refractivity contribution in [2.75, 3.05) is 6.54 Å². The van der Waals surface area contributed by atoms with Crippen LogP contribution >= 0.6 is 11.3 Å². The first kappa shape index (κ1) is 23.7. The van der Waals surface area contributed by atoms with Crippen molar-refractivity contribution in [3.63, 3.8) is 0 Å². The van der Waals surface area contributed by atoms with Gasteiger partial charge in [0.25, 0.3) is 5.91 Å². The molecule has 2 unspecified atom stereocenters. The zero-order valence-electron chi connectivity index (χ0n) is 19.0. The molecule has 11 nitrogen and oxygen atoms in total. The highest BCUT2D eigenvalue weighted by Gasteiger charge is 2.56. The van der Waals surface area contributed by atoms with Gasteiger partial charge < -0.3 is 16.4 Å². The summed E-state index contributed by atoms with van der Waals surface area (Å²) in [6, 6.07) is 4.37. The average Bonchev–Trinajstić information content (AvgIpc) is 3.72. The highest BCUT2D eigenvalue weighted by atomic mass is 32.2. The topological polar surface area (TPSA) is 185 Å². The van der Waals surface area contributed by atoms with E-state index in [0.717, 1.165) is 28.2 Å². The van der Waals surface area contributed by atoms with Gasteiger partial charge in [0.15, 0.2) is 5.54 Å². The highest BCUT2D eigenvalue weighted by molar-refractivity contribution is 7.90. The van der Waals surface area contributed by atoms with E-state index in [0.29, 0.717) is 24.2 Å². The molecule has 0 aromatic carbocycles. The molecule has 1 saturated heterocycles. The minimum atomic E-state index is -3.57. The lowest BCUT2D eigenvalue weighted by Crippen LogP contribution is -2.55. The Morgan fingerprint density at radius 1 is 1.31 bits per heavy atom. The van der Waals surface area contributed by atoms with E-state index >= 15 is 0 Å². The molecule has 0 radical (unpaired) electrons. The van der Waals surface area contributed by atoms with Crippen LogP contribution in [0.2, 0.25) is 0 Å². The second-order valence-electron chi connectivity index (χ2n) is 9.49. The number of aromatic nitrogens is 2. The molecule has 5 rings (SSSR count). The average molecular weight is 516 g/mol. The van der Waals surface area contributed by atoms with E-state index in [1.54, 1.807) is 19.2 Å². The third-order valence-corrected chi connectivity index (χ3v) is 10.4. The maximum absolute atomic E-state index is 12.9. The SMILES string of the molecule is Cc1nc(C2(C(N)=O)CC(NS(=O)(=O)C3CC3)CN2C(N)=O)sc1-c1ccnc(C2(C#N)CC2)c1. The fourth-order valence-electron chi connectivity index (χ4n) is 4.74. The Kier molecular flexibility index (Phi) is 5.39. The number of hydrogen-bond donors (Lipinski definition) is 3. The van der Waals surface area contributed by atoms with Crippen molar-refractivity contribution in [1.29, 1.82) is 5.26 Å². The molecule has 2 atom stereocenters. The lowest BCUT2D eigenvalue weighted by molar-refractivity contribution is -0.127. The van der Waals surface area contributed by atoms with Gasteiger partial charge in [-0.05, 0) is 50.3 Å². The van der Waals surface area contributed by atoms with Gasteiger partial charge in [-0.1, -0.05) is 0 Å². The molecule has 13 heteroatoms. The molecule has 3 amide bonds. The second-order valence-corrected chi connectivity index (χ2v) is 12.5. The number of urea groups is 1. The van der Waals surface area contributed by atoms with E-state index in [9.17, 15) is 23.3 Å². The lowest BCUT2D eigenvalue weighted by Gasteiger charge is -2.32. The Morgan fingerprint density at radius 2 is 2.03 bits per heavy atom. The summed E-state index contributed by atoms with van der Waals surface area (Å²) in [5.41, 5.74) is 11.3. The standard InChI is InChI=1S/C22H25N7O4S2/c1-12-17(13-4-7-26-16(8-13)21(11-23)5-6-21)34-19(27-12)22(18(24)30)9-14(10-29(22)20(25)31)28-35(32,33)15-2-3-15/h4,7-8,14-15,28H,2-3,5-6,9-10H2,1H3,(H2,24,30)(H2,25,31). The smallest absolute Gasteiger partial charge is 0.316 e. The van der Waals surface area contributed by atoms with E-state index in [2.05, 4.69) is 20.8 Å². The van der Waals surface area contributed by atoms with Crippen LogP contribution in [-0.4, -0.2) is 53.1 Å². The molecule has 3 heterocycles. The monoisotopic (exact) mass is 515 g/mol. The van der Waals surface area contributed by atoms with Crippen molar-refractivity contribution >= 4 is 33.3 Å². The molecule has 2 aromatic heterocycles. The Labute approximate surface area is 206 Å². The van der Waals surface area contributed by atoms with Crippen LogP contribution in [0.5, 0.6) is 0 Å². The quantitative estimate of drug-likeness (QED) is 0.490. The number of nitriles is 1. The number of thiazole rings is 1. The molecule has 3 fully saturated rings. The van der Waals surface area contributed by atoms with E-state index < -0.39 is 44.2 Å². The first-order valence-electron chi connectivity index (χ1n) is 11.3. The number of likely N-dealkylation sites (tertiary alicyclic amines) is 1. The molecule has 2 aliphatic carbocycles. The molecule has 5 N–H and O–H groups in total. The van der Waals surface area contributed by atoms with Crippen LogP contribution in [0.15, 0.2) is 18.3 Å². The Balaban J connectivity index is 1.54. The number of pyridine rings is 1. The minimum absolute atomic E-state index is 0.0667. The highest BCUT2D eigenvalue weighted by Crippen LogP contribution is 2.48. The molecule has 35 heavy (non-hydrogen) atoms. The summed E-state index contributed by atoms with van der Waals surface area (Å²) in [7, 11) is -3.57. The Bertz CT molecular complexity index is 1370. The molecule has 3 aliphatic rings. The van der Waals surface area contributed by atoms with Gasteiger partial charge >= 0.3 is 6.03 Å². The molecule has 184 valence electrons. The molecule has 2 saturated carbocycles. The van der Waals surface area contributed by atoms with Gasteiger partial charge in [0.2, 0.25) is 10.0 Å². The maximum atomic E-state index is 12.9. The van der Waals surface area contributed by atoms with Crippen LogP contribution in [0.1, 0.15) is 48.5 Å². The molecule has 0 spiro atoms. The third kappa shape index (κ3) is 3.85. The number of primary amides is 2. The number of hydrogen-bond acceptors (Lipinski definition) is 8. The Morgan fingerprint density at radius 3 is 2.60 bits per heavy atom. The van der Waals surface area contributed by atoms with E-state index in [1.807, 2.05) is 6.07 Å². The number of carbonyl (C=O) groups excluding carboxylic acids is 2. The third-order valence-electron chi connectivity index (χ3n) is 7.00. The fourth-order valence-corrected chi connectivity index (χ4v) is 7.59. The predicted octanol–water partition coefficient (Wildman–Crippen LogP) is 0.984. The van der Waals surface area contributed by atoms with Crippen molar-refractivity contribution in [2.45, 2.75) is 61.3 Å². The van der Waals surface area contributed by atoms with Crippen molar-refractivity contribution in [3.05, 3.63) is 34.7 Å². The van der Waals surface area contributed by atoms with E-state index in [4.69, 9.17) is 11.5 Å².